The molecule has 9 heteroatoms. The maximum absolute atomic E-state index is 12.0. The van der Waals surface area contributed by atoms with Crippen LogP contribution in [0.2, 0.25) is 0 Å². The summed E-state index contributed by atoms with van der Waals surface area (Å²) < 4.78 is 0. The van der Waals surface area contributed by atoms with Crippen molar-refractivity contribution in [1.29, 1.82) is 0 Å². The molecule has 3 rings (SSSR count). The average molecular weight is 312 g/mol. The van der Waals surface area contributed by atoms with Gasteiger partial charge in [0.2, 0.25) is 0 Å². The summed E-state index contributed by atoms with van der Waals surface area (Å²) in [5, 5.41) is 24.4. The van der Waals surface area contributed by atoms with E-state index in [-0.39, 0.29) is 11.4 Å². The molecule has 114 valence electrons. The number of nitro groups is 2. The molecular weight excluding hydrogens is 304 g/mol. The van der Waals surface area contributed by atoms with E-state index < -0.39 is 27.1 Å². The molecule has 0 radical (unpaired) electrons. The van der Waals surface area contributed by atoms with E-state index in [9.17, 15) is 25.0 Å². The second-order valence-corrected chi connectivity index (χ2v) is 4.65. The number of hydrogen-bond acceptors (Lipinski definition) is 6. The van der Waals surface area contributed by atoms with Crippen LogP contribution >= 0.6 is 0 Å². The third-order valence-corrected chi connectivity index (χ3v) is 3.24. The van der Waals surface area contributed by atoms with Crippen LogP contribution < -0.4 is 5.32 Å². The number of aliphatic imine (C=N–C) groups is 1. The van der Waals surface area contributed by atoms with Gasteiger partial charge in [0.25, 0.3) is 11.6 Å². The topological polar surface area (TPSA) is 128 Å². The van der Waals surface area contributed by atoms with Gasteiger partial charge in [-0.15, -0.1) is 0 Å². The van der Waals surface area contributed by atoms with Gasteiger partial charge in [-0.25, -0.2) is 4.99 Å². The zero-order chi connectivity index (χ0) is 16.6. The quantitative estimate of drug-likeness (QED) is 0.688. The number of carbonyl (C=O) groups is 1. The van der Waals surface area contributed by atoms with Gasteiger partial charge in [0.15, 0.2) is 0 Å². The van der Waals surface area contributed by atoms with Crippen LogP contribution in [0.4, 0.5) is 22.7 Å². The lowest BCUT2D eigenvalue weighted by molar-refractivity contribution is -0.393. The summed E-state index contributed by atoms with van der Waals surface area (Å²) in [7, 11) is 0. The van der Waals surface area contributed by atoms with E-state index in [0.29, 0.717) is 11.3 Å². The maximum Gasteiger partial charge on any atom is 0.301 e. The average Bonchev–Trinajstić information content (AvgIpc) is 2.83. The van der Waals surface area contributed by atoms with Crippen molar-refractivity contribution in [2.75, 3.05) is 5.32 Å². The smallest absolute Gasteiger partial charge is 0.301 e. The number of nitrogens with one attached hydrogen (secondary N) is 1. The van der Waals surface area contributed by atoms with Crippen LogP contribution in [0.1, 0.15) is 5.56 Å². The van der Waals surface area contributed by atoms with E-state index in [1.54, 1.807) is 24.3 Å². The Morgan fingerprint density at radius 3 is 2.43 bits per heavy atom. The van der Waals surface area contributed by atoms with Gasteiger partial charge in [-0.05, 0) is 12.1 Å². The molecule has 0 fully saturated rings. The van der Waals surface area contributed by atoms with Gasteiger partial charge >= 0.3 is 5.69 Å². The number of nitrogens with zero attached hydrogens (tertiary/aromatic N) is 3. The standard InChI is InChI=1S/C14H8N4O5/c19-14-13(9-3-1-2-4-10(9)16-14)15-11-6-5-8(17(20)21)7-12(11)18(22)23/h1-7H,(H,15,16,19). The number of fused-ring (bicyclic) bond motifs is 1. The van der Waals surface area contributed by atoms with Crippen molar-refractivity contribution in [3.8, 4) is 0 Å². The van der Waals surface area contributed by atoms with Gasteiger partial charge in [-0.1, -0.05) is 18.2 Å². The highest BCUT2D eigenvalue weighted by Crippen LogP contribution is 2.33. The number of non-ortho nitro benzene ring substituents is 1. The number of amides is 1. The van der Waals surface area contributed by atoms with Crippen molar-refractivity contribution in [3.63, 3.8) is 0 Å². The van der Waals surface area contributed by atoms with E-state index in [0.717, 1.165) is 18.2 Å². The Hall–Kier alpha value is -3.62. The van der Waals surface area contributed by atoms with Gasteiger partial charge in [0.1, 0.15) is 11.4 Å². The van der Waals surface area contributed by atoms with Gasteiger partial charge < -0.3 is 5.32 Å². The molecule has 0 saturated heterocycles. The molecule has 1 aliphatic rings. The Kier molecular flexibility index (Phi) is 3.30. The van der Waals surface area contributed by atoms with Crippen molar-refractivity contribution < 1.29 is 14.6 Å². The molecule has 0 aliphatic carbocycles. The monoisotopic (exact) mass is 312 g/mol. The van der Waals surface area contributed by atoms with Crippen molar-refractivity contribution >= 4 is 34.4 Å². The first-order valence-electron chi connectivity index (χ1n) is 6.39. The third kappa shape index (κ3) is 2.50. The lowest BCUT2D eigenvalue weighted by Gasteiger charge is -2.00. The summed E-state index contributed by atoms with van der Waals surface area (Å²) in [6, 6.07) is 9.85. The Morgan fingerprint density at radius 2 is 1.74 bits per heavy atom. The maximum atomic E-state index is 12.0. The summed E-state index contributed by atoms with van der Waals surface area (Å²) in [5.74, 6) is -0.487. The lowest BCUT2D eigenvalue weighted by Crippen LogP contribution is -2.14. The van der Waals surface area contributed by atoms with Crippen molar-refractivity contribution in [3.05, 3.63) is 68.3 Å². The molecule has 1 heterocycles. The van der Waals surface area contributed by atoms with E-state index in [4.69, 9.17) is 0 Å². The van der Waals surface area contributed by atoms with Gasteiger partial charge in [-0.3, -0.25) is 25.0 Å². The second-order valence-electron chi connectivity index (χ2n) is 4.65. The number of benzene rings is 2. The van der Waals surface area contributed by atoms with Crippen molar-refractivity contribution in [1.82, 2.24) is 0 Å². The molecule has 2 aromatic rings. The Labute approximate surface area is 128 Å². The summed E-state index contributed by atoms with van der Waals surface area (Å²) in [6.45, 7) is 0. The van der Waals surface area contributed by atoms with Gasteiger partial charge in [0, 0.05) is 11.6 Å². The number of rotatable bonds is 3. The first kappa shape index (κ1) is 14.3. The molecule has 0 bridgehead atoms. The molecular formula is C14H8N4O5. The van der Waals surface area contributed by atoms with E-state index >= 15 is 0 Å². The molecule has 1 N–H and O–H groups in total. The molecule has 0 saturated carbocycles. The molecule has 0 aromatic heterocycles. The summed E-state index contributed by atoms with van der Waals surface area (Å²) in [4.78, 5) is 36.3. The molecule has 0 unspecified atom stereocenters. The number of nitro benzene ring substituents is 2. The Balaban J connectivity index is 2.14. The predicted molar refractivity (Wildman–Crippen MR) is 81.0 cm³/mol. The normalized spacial score (nSPS) is 14.4. The minimum atomic E-state index is -0.773. The summed E-state index contributed by atoms with van der Waals surface area (Å²) in [6.07, 6.45) is 0. The highest BCUT2D eigenvalue weighted by molar-refractivity contribution is 6.54. The number of carbonyl (C=O) groups excluding carboxylic acids is 1. The summed E-state index contributed by atoms with van der Waals surface area (Å²) in [5.41, 5.74) is 0.0202. The first-order valence-corrected chi connectivity index (χ1v) is 6.39. The fourth-order valence-electron chi connectivity index (χ4n) is 2.20. The zero-order valence-electron chi connectivity index (χ0n) is 11.4. The highest BCUT2D eigenvalue weighted by atomic mass is 16.6. The van der Waals surface area contributed by atoms with Gasteiger partial charge in [0.05, 0.1) is 21.6 Å². The summed E-state index contributed by atoms with van der Waals surface area (Å²) >= 11 is 0. The molecule has 1 aliphatic heterocycles. The van der Waals surface area contributed by atoms with Crippen LogP contribution in [0.15, 0.2) is 47.5 Å². The highest BCUT2D eigenvalue weighted by Gasteiger charge is 2.27. The Morgan fingerprint density at radius 1 is 1.00 bits per heavy atom. The number of para-hydroxylation sites is 1. The molecule has 2 aromatic carbocycles. The largest absolute Gasteiger partial charge is 0.320 e. The molecule has 23 heavy (non-hydrogen) atoms. The first-order chi connectivity index (χ1) is 11.0. The predicted octanol–water partition coefficient (Wildman–Crippen LogP) is 2.58. The van der Waals surface area contributed by atoms with Crippen LogP contribution in [0.5, 0.6) is 0 Å². The van der Waals surface area contributed by atoms with Crippen LogP contribution in [0, 0.1) is 20.2 Å². The minimum absolute atomic E-state index is 0.0255. The van der Waals surface area contributed by atoms with Crippen molar-refractivity contribution in [2.45, 2.75) is 0 Å². The van der Waals surface area contributed by atoms with Crippen LogP contribution in [-0.2, 0) is 4.79 Å². The SMILES string of the molecule is O=C1Nc2ccccc2C1=Nc1ccc([N+](=O)[O-])cc1[N+](=O)[O-]. The van der Waals surface area contributed by atoms with Crippen molar-refractivity contribution in [2.24, 2.45) is 4.99 Å². The number of anilines is 1. The fourth-order valence-corrected chi connectivity index (χ4v) is 2.20. The number of hydrogen-bond donors (Lipinski definition) is 1. The molecule has 9 nitrogen and oxygen atoms in total. The molecule has 0 spiro atoms. The van der Waals surface area contributed by atoms with E-state index in [1.807, 2.05) is 0 Å². The van der Waals surface area contributed by atoms with E-state index in [2.05, 4.69) is 10.3 Å². The second kappa shape index (κ2) is 5.30. The van der Waals surface area contributed by atoms with Gasteiger partial charge in [-0.2, -0.15) is 0 Å². The Bertz CT molecular complexity index is 890. The molecule has 1 amide bonds. The zero-order valence-corrected chi connectivity index (χ0v) is 11.4. The minimum Gasteiger partial charge on any atom is -0.320 e. The molecule has 0 atom stereocenters. The van der Waals surface area contributed by atoms with Crippen LogP contribution in [-0.4, -0.2) is 21.5 Å². The van der Waals surface area contributed by atoms with E-state index in [1.165, 1.54) is 0 Å². The van der Waals surface area contributed by atoms with Crippen LogP contribution in [0.3, 0.4) is 0 Å². The lowest BCUT2D eigenvalue weighted by atomic mass is 10.1. The third-order valence-electron chi connectivity index (χ3n) is 3.24. The fraction of sp³-hybridized carbons (Fsp3) is 0. The van der Waals surface area contributed by atoms with Crippen LogP contribution in [0.25, 0.3) is 0 Å².